The minimum atomic E-state index is -0.622. The maximum absolute atomic E-state index is 14.0. The third-order valence-corrected chi connectivity index (χ3v) is 5.10. The summed E-state index contributed by atoms with van der Waals surface area (Å²) in [6.45, 7) is 1.63. The third kappa shape index (κ3) is 3.72. The van der Waals surface area contributed by atoms with Crippen LogP contribution in [0.25, 0.3) is 0 Å². The maximum atomic E-state index is 14.0. The highest BCUT2D eigenvalue weighted by atomic mass is 19.1. The summed E-state index contributed by atoms with van der Waals surface area (Å²) in [6, 6.07) is 4.10. The van der Waals surface area contributed by atoms with Crippen LogP contribution in [0.5, 0.6) is 0 Å². The van der Waals surface area contributed by atoms with Gasteiger partial charge in [-0.1, -0.05) is 25.3 Å². The van der Waals surface area contributed by atoms with E-state index in [4.69, 9.17) is 0 Å². The number of hydrogen-bond acceptors (Lipinski definition) is 3. The zero-order chi connectivity index (χ0) is 18.0. The minimum absolute atomic E-state index is 0.0419. The van der Waals surface area contributed by atoms with Gasteiger partial charge in [0.1, 0.15) is 11.6 Å². The van der Waals surface area contributed by atoms with Crippen molar-refractivity contribution in [2.45, 2.75) is 51.5 Å². The number of benzene rings is 1. The molecule has 4 nitrogen and oxygen atoms in total. The Morgan fingerprint density at radius 3 is 2.48 bits per heavy atom. The Balaban J connectivity index is 1.94. The van der Waals surface area contributed by atoms with Gasteiger partial charge in [-0.05, 0) is 31.9 Å². The lowest BCUT2D eigenvalue weighted by Crippen LogP contribution is -2.36. The molecule has 6 heteroatoms. The van der Waals surface area contributed by atoms with Crippen molar-refractivity contribution in [3.8, 4) is 0 Å². The van der Waals surface area contributed by atoms with E-state index in [0.29, 0.717) is 23.2 Å². The van der Waals surface area contributed by atoms with E-state index in [2.05, 4.69) is 9.97 Å². The van der Waals surface area contributed by atoms with E-state index >= 15 is 0 Å². The quantitative estimate of drug-likeness (QED) is 0.917. The lowest BCUT2D eigenvalue weighted by Gasteiger charge is -2.31. The molecule has 1 heterocycles. The Morgan fingerprint density at radius 1 is 1.20 bits per heavy atom. The van der Waals surface area contributed by atoms with Crippen molar-refractivity contribution in [2.75, 3.05) is 11.9 Å². The fraction of sp³-hybridized carbons (Fsp3) is 0.474. The van der Waals surface area contributed by atoms with Gasteiger partial charge in [0.2, 0.25) is 5.95 Å². The summed E-state index contributed by atoms with van der Waals surface area (Å²) in [7, 11) is 1.91. The second-order valence-electron chi connectivity index (χ2n) is 6.74. The van der Waals surface area contributed by atoms with Gasteiger partial charge >= 0.3 is 0 Å². The number of hydrogen-bond donors (Lipinski definition) is 1. The Morgan fingerprint density at radius 2 is 1.84 bits per heavy atom. The van der Waals surface area contributed by atoms with Gasteiger partial charge in [-0.25, -0.2) is 13.8 Å². The van der Waals surface area contributed by atoms with Crippen LogP contribution in [0.15, 0.2) is 23.0 Å². The number of anilines is 1. The molecule has 1 N–H and O–H groups in total. The van der Waals surface area contributed by atoms with E-state index in [1.165, 1.54) is 37.5 Å². The first-order valence-corrected chi connectivity index (χ1v) is 8.73. The minimum Gasteiger partial charge on any atom is -0.342 e. The van der Waals surface area contributed by atoms with Crippen molar-refractivity contribution in [2.24, 2.45) is 0 Å². The normalized spacial score (nSPS) is 15.4. The number of nitrogens with zero attached hydrogens (tertiary/aromatic N) is 2. The number of nitrogens with one attached hydrogen (secondary N) is 1. The standard InChI is InChI=1S/C19H23F2N3O/c1-12-17(11-14-15(20)9-6-10-16(14)21)22-19(23-18(12)25)24(2)13-7-4-3-5-8-13/h6,9-10,13H,3-5,7-8,11H2,1-2H3,(H,22,23,25). The van der Waals surface area contributed by atoms with Crippen molar-refractivity contribution < 1.29 is 8.78 Å². The van der Waals surface area contributed by atoms with Crippen LogP contribution in [0.2, 0.25) is 0 Å². The number of H-pyrrole nitrogens is 1. The lowest BCUT2D eigenvalue weighted by molar-refractivity contribution is 0.423. The number of halogens is 2. The van der Waals surface area contributed by atoms with Crippen LogP contribution in [-0.4, -0.2) is 23.1 Å². The van der Waals surface area contributed by atoms with E-state index in [0.717, 1.165) is 12.8 Å². The number of rotatable bonds is 4. The molecule has 1 aromatic heterocycles. The molecule has 1 fully saturated rings. The first-order valence-electron chi connectivity index (χ1n) is 8.73. The van der Waals surface area contributed by atoms with Gasteiger partial charge in [-0.2, -0.15) is 0 Å². The molecule has 0 unspecified atom stereocenters. The van der Waals surface area contributed by atoms with E-state index < -0.39 is 11.6 Å². The molecule has 134 valence electrons. The molecule has 1 aliphatic carbocycles. The van der Waals surface area contributed by atoms with Gasteiger partial charge in [-0.15, -0.1) is 0 Å². The van der Waals surface area contributed by atoms with Gasteiger partial charge in [0.05, 0.1) is 5.69 Å². The highest BCUT2D eigenvalue weighted by Gasteiger charge is 2.21. The molecule has 1 aromatic carbocycles. The average molecular weight is 347 g/mol. The number of aromatic nitrogens is 2. The van der Waals surface area contributed by atoms with Gasteiger partial charge in [0.15, 0.2) is 0 Å². The molecule has 0 atom stereocenters. The van der Waals surface area contributed by atoms with Crippen molar-refractivity contribution in [3.63, 3.8) is 0 Å². The molecule has 0 aliphatic heterocycles. The van der Waals surface area contributed by atoms with E-state index in [1.807, 2.05) is 11.9 Å². The van der Waals surface area contributed by atoms with Crippen LogP contribution in [0.1, 0.15) is 48.9 Å². The summed E-state index contributed by atoms with van der Waals surface area (Å²) < 4.78 is 27.9. The highest BCUT2D eigenvalue weighted by molar-refractivity contribution is 5.36. The lowest BCUT2D eigenvalue weighted by atomic mass is 9.95. The molecule has 0 radical (unpaired) electrons. The monoisotopic (exact) mass is 347 g/mol. The van der Waals surface area contributed by atoms with Gasteiger partial charge in [-0.3, -0.25) is 9.78 Å². The van der Waals surface area contributed by atoms with Crippen molar-refractivity contribution in [1.29, 1.82) is 0 Å². The average Bonchev–Trinajstić information content (AvgIpc) is 2.61. The first-order chi connectivity index (χ1) is 12.0. The summed E-state index contributed by atoms with van der Waals surface area (Å²) in [5.74, 6) is -0.776. The Bertz CT molecular complexity index is 793. The number of aromatic amines is 1. The van der Waals surface area contributed by atoms with Crippen LogP contribution in [0, 0.1) is 18.6 Å². The molecule has 1 aliphatic rings. The Labute approximate surface area is 145 Å². The fourth-order valence-corrected chi connectivity index (χ4v) is 3.42. The summed E-state index contributed by atoms with van der Waals surface area (Å²) in [6.07, 6.45) is 5.65. The first kappa shape index (κ1) is 17.6. The topological polar surface area (TPSA) is 49.0 Å². The van der Waals surface area contributed by atoms with Crippen LogP contribution >= 0.6 is 0 Å². The molecule has 2 aromatic rings. The summed E-state index contributed by atoms with van der Waals surface area (Å²) >= 11 is 0. The molecule has 0 saturated heterocycles. The van der Waals surface area contributed by atoms with Crippen molar-refractivity contribution in [1.82, 2.24) is 9.97 Å². The zero-order valence-electron chi connectivity index (χ0n) is 14.6. The van der Waals surface area contributed by atoms with Crippen LogP contribution in [0.3, 0.4) is 0 Å². The van der Waals surface area contributed by atoms with E-state index in [9.17, 15) is 13.6 Å². The maximum Gasteiger partial charge on any atom is 0.255 e. The van der Waals surface area contributed by atoms with Gasteiger partial charge in [0, 0.05) is 30.6 Å². The second kappa shape index (κ2) is 7.33. The Kier molecular flexibility index (Phi) is 5.16. The molecular weight excluding hydrogens is 324 g/mol. The SMILES string of the molecule is Cc1c(Cc2c(F)cccc2F)nc(N(C)C2CCCCC2)[nH]c1=O. The smallest absolute Gasteiger partial charge is 0.255 e. The Hall–Kier alpha value is -2.24. The summed E-state index contributed by atoms with van der Waals surface area (Å²) in [5, 5.41) is 0. The van der Waals surface area contributed by atoms with Crippen LogP contribution in [0.4, 0.5) is 14.7 Å². The van der Waals surface area contributed by atoms with Crippen molar-refractivity contribution in [3.05, 3.63) is 57.0 Å². The molecule has 3 rings (SSSR count). The third-order valence-electron chi connectivity index (χ3n) is 5.10. The molecule has 0 amide bonds. The van der Waals surface area contributed by atoms with Crippen LogP contribution < -0.4 is 10.5 Å². The van der Waals surface area contributed by atoms with Crippen molar-refractivity contribution >= 4 is 5.95 Å². The van der Waals surface area contributed by atoms with Gasteiger partial charge < -0.3 is 4.90 Å². The molecule has 25 heavy (non-hydrogen) atoms. The summed E-state index contributed by atoms with van der Waals surface area (Å²) in [4.78, 5) is 21.6. The predicted octanol–water partition coefficient (Wildman–Crippen LogP) is 3.72. The second-order valence-corrected chi connectivity index (χ2v) is 6.74. The van der Waals surface area contributed by atoms with E-state index in [1.54, 1.807) is 6.92 Å². The van der Waals surface area contributed by atoms with E-state index in [-0.39, 0.29) is 17.5 Å². The zero-order valence-corrected chi connectivity index (χ0v) is 14.6. The molecule has 0 bridgehead atoms. The molecular formula is C19H23F2N3O. The predicted molar refractivity (Wildman–Crippen MR) is 94.0 cm³/mol. The summed E-state index contributed by atoms with van der Waals surface area (Å²) in [5.41, 5.74) is 0.475. The molecule has 0 spiro atoms. The van der Waals surface area contributed by atoms with Gasteiger partial charge in [0.25, 0.3) is 5.56 Å². The largest absolute Gasteiger partial charge is 0.342 e. The molecule has 1 saturated carbocycles. The highest BCUT2D eigenvalue weighted by Crippen LogP contribution is 2.24. The fourth-order valence-electron chi connectivity index (χ4n) is 3.42. The van der Waals surface area contributed by atoms with Crippen LogP contribution in [-0.2, 0) is 6.42 Å².